The zero-order valence-corrected chi connectivity index (χ0v) is 10.6. The number of hydrogen-bond donors (Lipinski definition) is 2. The summed E-state index contributed by atoms with van der Waals surface area (Å²) in [5.74, 6) is 2.05. The van der Waals surface area contributed by atoms with Crippen LogP contribution < -0.4 is 10.5 Å². The minimum Gasteiger partial charge on any atom is -0.497 e. The van der Waals surface area contributed by atoms with Crippen LogP contribution in [-0.2, 0) is 6.42 Å². The second-order valence-corrected chi connectivity index (χ2v) is 4.29. The molecule has 19 heavy (non-hydrogen) atoms. The molecule has 96 valence electrons. The van der Waals surface area contributed by atoms with Crippen molar-refractivity contribution >= 4 is 16.9 Å². The van der Waals surface area contributed by atoms with E-state index in [9.17, 15) is 0 Å². The number of nitrogens with one attached hydrogen (secondary N) is 1. The maximum absolute atomic E-state index is 5.91. The second kappa shape index (κ2) is 4.61. The van der Waals surface area contributed by atoms with Crippen LogP contribution in [0.1, 0.15) is 11.4 Å². The van der Waals surface area contributed by atoms with Crippen LogP contribution in [-0.4, -0.2) is 22.1 Å². The van der Waals surface area contributed by atoms with Crippen LogP contribution in [0.5, 0.6) is 5.75 Å². The number of nitrogens with zero attached hydrogens (tertiary/aromatic N) is 2. The number of methoxy groups -OCH3 is 1. The van der Waals surface area contributed by atoms with Crippen LogP contribution in [0, 0.1) is 0 Å². The minimum absolute atomic E-state index is 0.509. The molecule has 2 aromatic heterocycles. The van der Waals surface area contributed by atoms with Gasteiger partial charge in [-0.3, -0.25) is 0 Å². The van der Waals surface area contributed by atoms with E-state index >= 15 is 0 Å². The normalized spacial score (nSPS) is 10.8. The van der Waals surface area contributed by atoms with Gasteiger partial charge < -0.3 is 15.5 Å². The molecule has 0 saturated heterocycles. The molecule has 3 aromatic rings. The number of benzene rings is 1. The van der Waals surface area contributed by atoms with Gasteiger partial charge in [-0.2, -0.15) is 0 Å². The summed E-state index contributed by atoms with van der Waals surface area (Å²) in [6.07, 6.45) is 2.45. The van der Waals surface area contributed by atoms with Crippen LogP contribution in [0.4, 0.5) is 5.82 Å². The smallest absolute Gasteiger partial charge is 0.143 e. The van der Waals surface area contributed by atoms with Crippen molar-refractivity contribution in [1.82, 2.24) is 15.0 Å². The molecule has 0 spiro atoms. The molecule has 0 radical (unpaired) electrons. The Bertz CT molecular complexity index is 703. The van der Waals surface area contributed by atoms with Crippen molar-refractivity contribution in [3.05, 3.63) is 47.9 Å². The van der Waals surface area contributed by atoms with Crippen molar-refractivity contribution in [2.24, 2.45) is 0 Å². The molecule has 0 aliphatic carbocycles. The predicted molar refractivity (Wildman–Crippen MR) is 74.1 cm³/mol. The number of ether oxygens (including phenoxy) is 1. The van der Waals surface area contributed by atoms with Gasteiger partial charge in [-0.1, -0.05) is 12.1 Å². The van der Waals surface area contributed by atoms with Crippen LogP contribution >= 0.6 is 0 Å². The van der Waals surface area contributed by atoms with Gasteiger partial charge >= 0.3 is 0 Å². The topological polar surface area (TPSA) is 76.8 Å². The molecule has 5 heteroatoms. The molecule has 0 saturated carbocycles. The third kappa shape index (κ3) is 2.22. The molecule has 0 unspecified atom stereocenters. The van der Waals surface area contributed by atoms with Crippen molar-refractivity contribution in [3.8, 4) is 5.75 Å². The fourth-order valence-corrected chi connectivity index (χ4v) is 2.02. The highest BCUT2D eigenvalue weighted by molar-refractivity contribution is 5.85. The summed E-state index contributed by atoms with van der Waals surface area (Å²) in [5, 5.41) is 0.860. The van der Waals surface area contributed by atoms with E-state index in [1.165, 1.54) is 0 Å². The van der Waals surface area contributed by atoms with Gasteiger partial charge in [0.1, 0.15) is 23.0 Å². The Kier molecular flexibility index (Phi) is 2.79. The Labute approximate surface area is 110 Å². The molecule has 3 rings (SSSR count). The lowest BCUT2D eigenvalue weighted by Gasteiger charge is -2.04. The maximum Gasteiger partial charge on any atom is 0.143 e. The number of fused-ring (bicyclic) bond motifs is 1. The van der Waals surface area contributed by atoms with Gasteiger partial charge in [-0.05, 0) is 23.8 Å². The fourth-order valence-electron chi connectivity index (χ4n) is 2.02. The third-order valence-electron chi connectivity index (χ3n) is 3.01. The van der Waals surface area contributed by atoms with Crippen LogP contribution in [0.2, 0.25) is 0 Å². The van der Waals surface area contributed by atoms with Crippen molar-refractivity contribution in [2.45, 2.75) is 6.42 Å². The quantitative estimate of drug-likeness (QED) is 0.750. The summed E-state index contributed by atoms with van der Waals surface area (Å²) in [5.41, 5.74) is 7.80. The Morgan fingerprint density at radius 1 is 1.16 bits per heavy atom. The molecule has 0 aliphatic heterocycles. The average Bonchev–Trinajstić information content (AvgIpc) is 2.88. The van der Waals surface area contributed by atoms with E-state index in [2.05, 4.69) is 15.0 Å². The zero-order chi connectivity index (χ0) is 13.2. The van der Waals surface area contributed by atoms with Gasteiger partial charge in [0.15, 0.2) is 0 Å². The van der Waals surface area contributed by atoms with Crippen LogP contribution in [0.3, 0.4) is 0 Å². The summed E-state index contributed by atoms with van der Waals surface area (Å²) in [6, 6.07) is 9.72. The van der Waals surface area contributed by atoms with Crippen LogP contribution in [0.25, 0.3) is 11.0 Å². The lowest BCUT2D eigenvalue weighted by molar-refractivity contribution is 0.414. The summed E-state index contributed by atoms with van der Waals surface area (Å²) < 4.78 is 5.13. The highest BCUT2D eigenvalue weighted by Crippen LogP contribution is 2.18. The second-order valence-electron chi connectivity index (χ2n) is 4.29. The number of aromatic nitrogens is 3. The van der Waals surface area contributed by atoms with E-state index in [0.717, 1.165) is 22.3 Å². The van der Waals surface area contributed by atoms with E-state index in [-0.39, 0.29) is 0 Å². The van der Waals surface area contributed by atoms with Gasteiger partial charge in [-0.25, -0.2) is 9.97 Å². The average molecular weight is 254 g/mol. The molecular formula is C14H14N4O. The number of aromatic amines is 1. The minimum atomic E-state index is 0.509. The maximum atomic E-state index is 5.91. The van der Waals surface area contributed by atoms with Crippen molar-refractivity contribution in [3.63, 3.8) is 0 Å². The monoisotopic (exact) mass is 254 g/mol. The van der Waals surface area contributed by atoms with E-state index in [1.54, 1.807) is 7.11 Å². The van der Waals surface area contributed by atoms with E-state index < -0.39 is 0 Å². The third-order valence-corrected chi connectivity index (χ3v) is 3.01. The number of nitrogen functional groups attached to an aromatic ring is 1. The van der Waals surface area contributed by atoms with E-state index in [4.69, 9.17) is 10.5 Å². The van der Waals surface area contributed by atoms with Gasteiger partial charge in [0.05, 0.1) is 12.5 Å². The molecular weight excluding hydrogens is 240 g/mol. The Hall–Kier alpha value is -2.56. The molecule has 0 bridgehead atoms. The van der Waals surface area contributed by atoms with E-state index in [0.29, 0.717) is 18.1 Å². The largest absolute Gasteiger partial charge is 0.497 e. The number of nitrogens with two attached hydrogens (primary N) is 1. The molecule has 1 aromatic carbocycles. The summed E-state index contributed by atoms with van der Waals surface area (Å²) in [4.78, 5) is 11.8. The fraction of sp³-hybridized carbons (Fsp3) is 0.143. The van der Waals surface area contributed by atoms with Gasteiger partial charge in [0, 0.05) is 12.6 Å². The van der Waals surface area contributed by atoms with Crippen LogP contribution in [0.15, 0.2) is 36.5 Å². The number of anilines is 1. The zero-order valence-electron chi connectivity index (χ0n) is 10.6. The number of hydrogen-bond acceptors (Lipinski definition) is 4. The molecule has 0 atom stereocenters. The molecule has 2 heterocycles. The summed E-state index contributed by atoms with van der Waals surface area (Å²) in [6.45, 7) is 0. The van der Waals surface area contributed by atoms with Gasteiger partial charge in [0.2, 0.25) is 0 Å². The van der Waals surface area contributed by atoms with Gasteiger partial charge in [0.25, 0.3) is 0 Å². The Morgan fingerprint density at radius 2 is 1.95 bits per heavy atom. The first-order valence-corrected chi connectivity index (χ1v) is 5.98. The first kappa shape index (κ1) is 11.5. The van der Waals surface area contributed by atoms with Gasteiger partial charge in [-0.15, -0.1) is 0 Å². The Balaban J connectivity index is 1.91. The first-order valence-electron chi connectivity index (χ1n) is 5.98. The van der Waals surface area contributed by atoms with Crippen molar-refractivity contribution in [2.75, 3.05) is 12.8 Å². The lowest BCUT2D eigenvalue weighted by atomic mass is 10.1. The highest BCUT2D eigenvalue weighted by Gasteiger charge is 2.06. The van der Waals surface area contributed by atoms with E-state index in [1.807, 2.05) is 36.5 Å². The predicted octanol–water partition coefficient (Wildman–Crippen LogP) is 2.14. The Morgan fingerprint density at radius 3 is 2.68 bits per heavy atom. The lowest BCUT2D eigenvalue weighted by Crippen LogP contribution is -2.01. The van der Waals surface area contributed by atoms with Crippen molar-refractivity contribution in [1.29, 1.82) is 0 Å². The first-order chi connectivity index (χ1) is 9.26. The van der Waals surface area contributed by atoms with Crippen molar-refractivity contribution < 1.29 is 4.74 Å². The molecule has 0 aliphatic rings. The highest BCUT2D eigenvalue weighted by atomic mass is 16.5. The molecule has 3 N–H and O–H groups in total. The summed E-state index contributed by atoms with van der Waals surface area (Å²) in [7, 11) is 1.65. The molecule has 0 amide bonds. The number of H-pyrrole nitrogens is 1. The summed E-state index contributed by atoms with van der Waals surface area (Å²) >= 11 is 0. The molecule has 5 nitrogen and oxygen atoms in total. The SMILES string of the molecule is COc1ccc(Cc2nc(N)c3cc[nH]c3n2)cc1. The molecule has 0 fully saturated rings. The standard InChI is InChI=1S/C14H14N4O/c1-19-10-4-2-9(3-5-10)8-12-17-13(15)11-6-7-16-14(11)18-12/h2-7H,8H2,1H3,(H3,15,16,17,18). The number of rotatable bonds is 3.